The Balaban J connectivity index is 0.00000196. The number of nitrogens with zero attached hydrogens (tertiary/aromatic N) is 6. The maximum absolute atomic E-state index is 5.47. The van der Waals surface area contributed by atoms with Crippen LogP contribution in [-0.2, 0) is 0 Å². The molecule has 0 bridgehead atoms. The van der Waals surface area contributed by atoms with Crippen molar-refractivity contribution in [1.29, 1.82) is 0 Å². The maximum atomic E-state index is 5.47. The molecule has 0 spiro atoms. The summed E-state index contributed by atoms with van der Waals surface area (Å²) in [5.41, 5.74) is 3.64. The largest absolute Gasteiger partial charge is 0.332 e. The van der Waals surface area contributed by atoms with Crippen molar-refractivity contribution < 1.29 is 4.52 Å². The number of likely N-dealkylation sites (N-methyl/N-ethyl adjacent to an activating group) is 1. The first-order chi connectivity index (χ1) is 12.1. The Labute approximate surface area is 158 Å². The third kappa shape index (κ3) is 3.35. The van der Waals surface area contributed by atoms with Crippen LogP contribution in [0.5, 0.6) is 0 Å². The molecule has 1 N–H and O–H groups in total. The minimum absolute atomic E-state index is 0. The first-order valence-electron chi connectivity index (χ1n) is 8.38. The van der Waals surface area contributed by atoms with Gasteiger partial charge in [-0.25, -0.2) is 4.68 Å². The van der Waals surface area contributed by atoms with E-state index >= 15 is 0 Å². The fourth-order valence-electron chi connectivity index (χ4n) is 3.02. The molecule has 0 amide bonds. The van der Waals surface area contributed by atoms with Crippen LogP contribution in [0.3, 0.4) is 0 Å². The van der Waals surface area contributed by atoms with Crippen molar-refractivity contribution in [2.45, 2.75) is 19.9 Å². The van der Waals surface area contributed by atoms with Gasteiger partial charge in [0.2, 0.25) is 0 Å². The molecule has 0 aliphatic carbocycles. The number of benzene rings is 1. The number of halogens is 1. The third-order valence-electron chi connectivity index (χ3n) is 4.63. The highest BCUT2D eigenvalue weighted by Crippen LogP contribution is 2.24. The standard InChI is InChI=1S/C17H21N7O.ClH/c1-11-4-6-13(7-5-11)24-12(2)15(20-22-24)17-19-16(21-25-17)14-10-18-8-9-23(14)3;/h4-7,14,18H,8-10H2,1-3H3;1H. The van der Waals surface area contributed by atoms with E-state index in [0.29, 0.717) is 17.4 Å². The lowest BCUT2D eigenvalue weighted by Crippen LogP contribution is -2.44. The Bertz CT molecular complexity index is 874. The predicted octanol–water partition coefficient (Wildman–Crippen LogP) is 1.93. The zero-order valence-corrected chi connectivity index (χ0v) is 15.8. The molecule has 9 heteroatoms. The number of hydrogen-bond donors (Lipinski definition) is 1. The van der Waals surface area contributed by atoms with Gasteiger partial charge in [0, 0.05) is 19.6 Å². The lowest BCUT2D eigenvalue weighted by molar-refractivity contribution is 0.190. The zero-order valence-electron chi connectivity index (χ0n) is 15.0. The average molecular weight is 376 g/mol. The van der Waals surface area contributed by atoms with Crippen molar-refractivity contribution >= 4 is 12.4 Å². The molecular weight excluding hydrogens is 354 g/mol. The van der Waals surface area contributed by atoms with E-state index in [-0.39, 0.29) is 18.4 Å². The quantitative estimate of drug-likeness (QED) is 0.748. The van der Waals surface area contributed by atoms with E-state index in [2.05, 4.69) is 44.6 Å². The van der Waals surface area contributed by atoms with Gasteiger partial charge in [0.25, 0.3) is 5.89 Å². The van der Waals surface area contributed by atoms with Gasteiger partial charge < -0.3 is 9.84 Å². The summed E-state index contributed by atoms with van der Waals surface area (Å²) in [7, 11) is 2.07. The van der Waals surface area contributed by atoms with Crippen molar-refractivity contribution in [3.05, 3.63) is 41.3 Å². The summed E-state index contributed by atoms with van der Waals surface area (Å²) < 4.78 is 7.25. The smallest absolute Gasteiger partial charge is 0.280 e. The fourth-order valence-corrected chi connectivity index (χ4v) is 3.02. The molecule has 1 atom stereocenters. The number of hydrogen-bond acceptors (Lipinski definition) is 7. The highest BCUT2D eigenvalue weighted by Gasteiger charge is 2.27. The van der Waals surface area contributed by atoms with Gasteiger partial charge in [0.05, 0.1) is 17.4 Å². The van der Waals surface area contributed by atoms with Crippen LogP contribution in [-0.4, -0.2) is 56.7 Å². The number of piperazine rings is 1. The Morgan fingerprint density at radius 1 is 1.19 bits per heavy atom. The summed E-state index contributed by atoms with van der Waals surface area (Å²) in [5, 5.41) is 16.0. The van der Waals surface area contributed by atoms with E-state index in [0.717, 1.165) is 31.0 Å². The normalized spacial score (nSPS) is 17.9. The molecule has 4 rings (SSSR count). The first-order valence-corrected chi connectivity index (χ1v) is 8.38. The Morgan fingerprint density at radius 3 is 2.69 bits per heavy atom. The molecule has 1 unspecified atom stereocenters. The average Bonchev–Trinajstić information content (AvgIpc) is 3.23. The minimum Gasteiger partial charge on any atom is -0.332 e. The van der Waals surface area contributed by atoms with E-state index in [4.69, 9.17) is 4.52 Å². The van der Waals surface area contributed by atoms with Crippen LogP contribution in [0.4, 0.5) is 0 Å². The Kier molecular flexibility index (Phi) is 5.36. The van der Waals surface area contributed by atoms with Crippen LogP contribution in [0.25, 0.3) is 17.3 Å². The molecule has 3 heterocycles. The van der Waals surface area contributed by atoms with Crippen LogP contribution in [0.2, 0.25) is 0 Å². The molecular formula is C17H22ClN7O. The number of rotatable bonds is 3. The van der Waals surface area contributed by atoms with Crippen LogP contribution in [0.1, 0.15) is 23.1 Å². The highest BCUT2D eigenvalue weighted by molar-refractivity contribution is 5.85. The lowest BCUT2D eigenvalue weighted by Gasteiger charge is -2.30. The van der Waals surface area contributed by atoms with Crippen LogP contribution in [0.15, 0.2) is 28.8 Å². The van der Waals surface area contributed by atoms with Gasteiger partial charge in [0.1, 0.15) is 0 Å². The molecule has 1 fully saturated rings. The maximum Gasteiger partial charge on any atom is 0.280 e. The van der Waals surface area contributed by atoms with Gasteiger partial charge in [-0.3, -0.25) is 4.90 Å². The minimum atomic E-state index is 0. The van der Waals surface area contributed by atoms with E-state index < -0.39 is 0 Å². The molecule has 8 nitrogen and oxygen atoms in total. The van der Waals surface area contributed by atoms with Gasteiger partial charge in [-0.2, -0.15) is 4.98 Å². The zero-order chi connectivity index (χ0) is 17.4. The second-order valence-corrected chi connectivity index (χ2v) is 6.43. The number of aromatic nitrogens is 5. The second kappa shape index (κ2) is 7.53. The Hall–Kier alpha value is -2.29. The summed E-state index contributed by atoms with van der Waals surface area (Å²) >= 11 is 0. The van der Waals surface area contributed by atoms with Crippen molar-refractivity contribution in [3.8, 4) is 17.3 Å². The molecule has 3 aromatic rings. The molecule has 138 valence electrons. The van der Waals surface area contributed by atoms with Crippen LogP contribution < -0.4 is 5.32 Å². The molecule has 1 saturated heterocycles. The van der Waals surface area contributed by atoms with Gasteiger partial charge in [0.15, 0.2) is 11.5 Å². The first kappa shape index (κ1) is 18.5. The second-order valence-electron chi connectivity index (χ2n) is 6.43. The van der Waals surface area contributed by atoms with Crippen molar-refractivity contribution in [1.82, 2.24) is 35.4 Å². The molecule has 0 saturated carbocycles. The molecule has 2 aromatic heterocycles. The van der Waals surface area contributed by atoms with Gasteiger partial charge in [-0.1, -0.05) is 28.1 Å². The van der Waals surface area contributed by atoms with Crippen LogP contribution in [0, 0.1) is 13.8 Å². The topological polar surface area (TPSA) is 84.9 Å². The van der Waals surface area contributed by atoms with Crippen molar-refractivity contribution in [3.63, 3.8) is 0 Å². The summed E-state index contributed by atoms with van der Waals surface area (Å²) in [6.45, 7) is 6.75. The molecule has 26 heavy (non-hydrogen) atoms. The molecule has 1 aromatic carbocycles. The SMILES string of the molecule is Cc1ccc(-n2nnc(-c3nc(C4CNCCN4C)no3)c2C)cc1.Cl. The molecule has 1 aliphatic rings. The summed E-state index contributed by atoms with van der Waals surface area (Å²) in [6.07, 6.45) is 0. The fraction of sp³-hybridized carbons (Fsp3) is 0.412. The number of aryl methyl sites for hydroxylation is 1. The van der Waals surface area contributed by atoms with E-state index in [1.807, 2.05) is 31.2 Å². The monoisotopic (exact) mass is 375 g/mol. The summed E-state index contributed by atoms with van der Waals surface area (Å²) in [6, 6.07) is 8.24. The Morgan fingerprint density at radius 2 is 1.96 bits per heavy atom. The van der Waals surface area contributed by atoms with Gasteiger partial charge >= 0.3 is 0 Å². The molecule has 0 radical (unpaired) electrons. The lowest BCUT2D eigenvalue weighted by atomic mass is 10.2. The summed E-state index contributed by atoms with van der Waals surface area (Å²) in [5.74, 6) is 1.08. The van der Waals surface area contributed by atoms with Gasteiger partial charge in [-0.05, 0) is 33.0 Å². The molecule has 1 aliphatic heterocycles. The third-order valence-corrected chi connectivity index (χ3v) is 4.63. The van der Waals surface area contributed by atoms with Gasteiger partial charge in [-0.15, -0.1) is 17.5 Å². The highest BCUT2D eigenvalue weighted by atomic mass is 35.5. The van der Waals surface area contributed by atoms with E-state index in [1.165, 1.54) is 5.56 Å². The van der Waals surface area contributed by atoms with Crippen molar-refractivity contribution in [2.75, 3.05) is 26.7 Å². The van der Waals surface area contributed by atoms with Crippen molar-refractivity contribution in [2.24, 2.45) is 0 Å². The van der Waals surface area contributed by atoms with E-state index in [9.17, 15) is 0 Å². The van der Waals surface area contributed by atoms with E-state index in [1.54, 1.807) is 4.68 Å². The predicted molar refractivity (Wildman–Crippen MR) is 99.6 cm³/mol. The number of nitrogens with one attached hydrogen (secondary N) is 1. The summed E-state index contributed by atoms with van der Waals surface area (Å²) in [4.78, 5) is 6.78. The van der Waals surface area contributed by atoms with Crippen LogP contribution >= 0.6 is 12.4 Å².